The molecule has 6 amide bonds. The Morgan fingerprint density at radius 2 is 1.90 bits per heavy atom. The molecule has 1 aliphatic heterocycles. The summed E-state index contributed by atoms with van der Waals surface area (Å²) in [5.41, 5.74) is 1.34. The van der Waals surface area contributed by atoms with Crippen LogP contribution >= 0.6 is 0 Å². The summed E-state index contributed by atoms with van der Waals surface area (Å²) in [5, 5.41) is 11.0. The lowest BCUT2D eigenvalue weighted by Crippen LogP contribution is -2.44. The summed E-state index contributed by atoms with van der Waals surface area (Å²) in [5.74, 6) is -0.334. The quantitative estimate of drug-likeness (QED) is 0.432. The van der Waals surface area contributed by atoms with Crippen LogP contribution in [0.4, 0.5) is 21.0 Å². The molecule has 1 heterocycles. The third kappa shape index (κ3) is 4.67. The molecule has 1 saturated carbocycles. The Morgan fingerprint density at radius 1 is 1.17 bits per heavy atom. The average molecular weight is 401 g/mol. The Morgan fingerprint density at radius 3 is 2.59 bits per heavy atom. The van der Waals surface area contributed by atoms with Gasteiger partial charge in [0.15, 0.2) is 0 Å². The fourth-order valence-electron chi connectivity index (χ4n) is 3.84. The van der Waals surface area contributed by atoms with Gasteiger partial charge in [-0.05, 0) is 43.9 Å². The van der Waals surface area contributed by atoms with Gasteiger partial charge in [0.1, 0.15) is 5.54 Å². The van der Waals surface area contributed by atoms with Crippen LogP contribution in [0.15, 0.2) is 18.2 Å². The molecule has 1 spiro atoms. The standard InChI is InChI=1S/C20H27N5O4/c1-13-6-7-15(22-14(2)26)12-16(13)23-18(28)21-10-5-11-25-17(27)20(24-19(25)29)8-3-4-9-20/h6-7,12H,3-5,8-11H2,1-2H3,(H,22,26)(H,24,29)(H2,21,23,28). The van der Waals surface area contributed by atoms with E-state index < -0.39 is 11.6 Å². The van der Waals surface area contributed by atoms with Crippen molar-refractivity contribution in [3.63, 3.8) is 0 Å². The second kappa shape index (κ2) is 8.50. The maximum Gasteiger partial charge on any atom is 0.325 e. The maximum absolute atomic E-state index is 12.6. The molecular formula is C20H27N5O4. The number of benzene rings is 1. The molecule has 9 nitrogen and oxygen atoms in total. The molecule has 0 radical (unpaired) electrons. The molecule has 0 aromatic heterocycles. The Kier molecular flexibility index (Phi) is 6.05. The van der Waals surface area contributed by atoms with E-state index in [1.807, 2.05) is 6.92 Å². The van der Waals surface area contributed by atoms with Crippen LogP contribution in [0.1, 0.15) is 44.6 Å². The number of urea groups is 2. The van der Waals surface area contributed by atoms with Crippen molar-refractivity contribution in [3.8, 4) is 0 Å². The summed E-state index contributed by atoms with van der Waals surface area (Å²) in [7, 11) is 0. The van der Waals surface area contributed by atoms with E-state index in [0.717, 1.165) is 18.4 Å². The van der Waals surface area contributed by atoms with E-state index in [-0.39, 0.29) is 24.4 Å². The second-order valence-corrected chi connectivity index (χ2v) is 7.62. The highest BCUT2D eigenvalue weighted by Gasteiger charge is 2.51. The first kappa shape index (κ1) is 20.6. The highest BCUT2D eigenvalue weighted by Crippen LogP contribution is 2.34. The van der Waals surface area contributed by atoms with Gasteiger partial charge in [-0.1, -0.05) is 18.9 Å². The number of anilines is 2. The molecule has 4 N–H and O–H groups in total. The Bertz CT molecular complexity index is 832. The lowest BCUT2D eigenvalue weighted by atomic mass is 9.98. The summed E-state index contributed by atoms with van der Waals surface area (Å²) >= 11 is 0. The van der Waals surface area contributed by atoms with Crippen molar-refractivity contribution in [2.75, 3.05) is 23.7 Å². The predicted molar refractivity (Wildman–Crippen MR) is 109 cm³/mol. The number of nitrogens with one attached hydrogen (secondary N) is 4. The molecule has 1 saturated heterocycles. The zero-order valence-corrected chi connectivity index (χ0v) is 16.8. The molecule has 2 fully saturated rings. The number of hydrogen-bond acceptors (Lipinski definition) is 4. The molecule has 0 bridgehead atoms. The van der Waals surface area contributed by atoms with E-state index >= 15 is 0 Å². The van der Waals surface area contributed by atoms with Crippen molar-refractivity contribution in [3.05, 3.63) is 23.8 Å². The van der Waals surface area contributed by atoms with Gasteiger partial charge in [-0.2, -0.15) is 0 Å². The molecule has 29 heavy (non-hydrogen) atoms. The summed E-state index contributed by atoms with van der Waals surface area (Å²) in [6.07, 6.45) is 3.76. The number of rotatable bonds is 6. The Hall–Kier alpha value is -3.10. The lowest BCUT2D eigenvalue weighted by molar-refractivity contribution is -0.131. The van der Waals surface area contributed by atoms with E-state index in [9.17, 15) is 19.2 Å². The van der Waals surface area contributed by atoms with Crippen molar-refractivity contribution in [2.24, 2.45) is 0 Å². The van der Waals surface area contributed by atoms with E-state index in [1.165, 1.54) is 11.8 Å². The van der Waals surface area contributed by atoms with Crippen LogP contribution in [0.2, 0.25) is 0 Å². The van der Waals surface area contributed by atoms with Gasteiger partial charge in [0.2, 0.25) is 5.91 Å². The molecule has 1 aliphatic carbocycles. The van der Waals surface area contributed by atoms with Crippen LogP contribution < -0.4 is 21.3 Å². The normalized spacial score (nSPS) is 17.4. The highest BCUT2D eigenvalue weighted by atomic mass is 16.2. The summed E-state index contributed by atoms with van der Waals surface area (Å²) in [4.78, 5) is 49.3. The van der Waals surface area contributed by atoms with Crippen LogP contribution in [0.25, 0.3) is 0 Å². The Balaban J connectivity index is 1.45. The third-order valence-electron chi connectivity index (χ3n) is 5.35. The van der Waals surface area contributed by atoms with Gasteiger partial charge in [0, 0.05) is 31.4 Å². The monoisotopic (exact) mass is 401 g/mol. The Labute approximate surface area is 169 Å². The fourth-order valence-corrected chi connectivity index (χ4v) is 3.84. The molecule has 1 aromatic rings. The third-order valence-corrected chi connectivity index (χ3v) is 5.35. The van der Waals surface area contributed by atoms with Crippen molar-refractivity contribution in [1.29, 1.82) is 0 Å². The minimum atomic E-state index is -0.696. The van der Waals surface area contributed by atoms with Crippen molar-refractivity contribution < 1.29 is 19.2 Å². The fraction of sp³-hybridized carbons (Fsp3) is 0.500. The number of nitrogens with zero attached hydrogens (tertiary/aromatic N) is 1. The predicted octanol–water partition coefficient (Wildman–Crippen LogP) is 2.33. The van der Waals surface area contributed by atoms with E-state index in [2.05, 4.69) is 21.3 Å². The van der Waals surface area contributed by atoms with Gasteiger partial charge in [-0.25, -0.2) is 9.59 Å². The molecule has 0 atom stereocenters. The van der Waals surface area contributed by atoms with Crippen LogP contribution in [0.3, 0.4) is 0 Å². The van der Waals surface area contributed by atoms with Crippen LogP contribution in [-0.4, -0.2) is 47.4 Å². The summed E-state index contributed by atoms with van der Waals surface area (Å²) < 4.78 is 0. The minimum absolute atomic E-state index is 0.144. The number of imide groups is 1. The van der Waals surface area contributed by atoms with Crippen molar-refractivity contribution >= 4 is 35.3 Å². The first-order valence-electron chi connectivity index (χ1n) is 9.88. The van der Waals surface area contributed by atoms with Crippen LogP contribution in [0.5, 0.6) is 0 Å². The van der Waals surface area contributed by atoms with Gasteiger partial charge in [0.05, 0.1) is 0 Å². The van der Waals surface area contributed by atoms with Gasteiger partial charge in [-0.15, -0.1) is 0 Å². The number of hydrogen-bond donors (Lipinski definition) is 4. The molecule has 0 unspecified atom stereocenters. The first-order chi connectivity index (χ1) is 13.8. The SMILES string of the molecule is CC(=O)Nc1ccc(C)c(NC(=O)NCCCN2C(=O)NC3(CCCC3)C2=O)c1. The minimum Gasteiger partial charge on any atom is -0.338 e. The van der Waals surface area contributed by atoms with Crippen molar-refractivity contribution in [1.82, 2.24) is 15.5 Å². The van der Waals surface area contributed by atoms with Crippen LogP contribution in [0, 0.1) is 6.92 Å². The van der Waals surface area contributed by atoms with Gasteiger partial charge in [-0.3, -0.25) is 14.5 Å². The van der Waals surface area contributed by atoms with E-state index in [4.69, 9.17) is 0 Å². The lowest BCUT2D eigenvalue weighted by Gasteiger charge is -2.20. The second-order valence-electron chi connectivity index (χ2n) is 7.62. The number of carbonyl (C=O) groups excluding carboxylic acids is 4. The molecule has 1 aromatic carbocycles. The zero-order valence-electron chi connectivity index (χ0n) is 16.8. The van der Waals surface area contributed by atoms with Gasteiger partial charge < -0.3 is 21.3 Å². The maximum atomic E-state index is 12.6. The number of amides is 6. The van der Waals surface area contributed by atoms with Crippen LogP contribution in [-0.2, 0) is 9.59 Å². The number of carbonyl (C=O) groups is 4. The smallest absolute Gasteiger partial charge is 0.325 e. The topological polar surface area (TPSA) is 120 Å². The van der Waals surface area contributed by atoms with Crippen molar-refractivity contribution in [2.45, 2.75) is 51.5 Å². The zero-order chi connectivity index (χ0) is 21.0. The van der Waals surface area contributed by atoms with Gasteiger partial charge in [0.25, 0.3) is 5.91 Å². The first-order valence-corrected chi connectivity index (χ1v) is 9.88. The number of aryl methyl sites for hydroxylation is 1. The highest BCUT2D eigenvalue weighted by molar-refractivity contribution is 6.07. The molecule has 9 heteroatoms. The molecule has 156 valence electrons. The molecular weight excluding hydrogens is 374 g/mol. The average Bonchev–Trinajstić information content (AvgIpc) is 3.21. The largest absolute Gasteiger partial charge is 0.338 e. The summed E-state index contributed by atoms with van der Waals surface area (Å²) in [6, 6.07) is 4.51. The van der Waals surface area contributed by atoms with Gasteiger partial charge >= 0.3 is 12.1 Å². The molecule has 3 rings (SSSR count). The van der Waals surface area contributed by atoms with E-state index in [1.54, 1.807) is 18.2 Å². The van der Waals surface area contributed by atoms with E-state index in [0.29, 0.717) is 37.2 Å². The summed E-state index contributed by atoms with van der Waals surface area (Å²) in [6.45, 7) is 3.85. The molecule has 2 aliphatic rings.